The fraction of sp³-hybridized carbons (Fsp3) is 0.800. The Labute approximate surface area is 92.8 Å². The molecule has 1 saturated carbocycles. The van der Waals surface area contributed by atoms with Gasteiger partial charge in [-0.25, -0.2) is 0 Å². The summed E-state index contributed by atoms with van der Waals surface area (Å²) in [5.41, 5.74) is -1.01. The van der Waals surface area contributed by atoms with Crippen molar-refractivity contribution >= 4 is 11.9 Å². The molecule has 0 aromatic rings. The summed E-state index contributed by atoms with van der Waals surface area (Å²) >= 11 is 0. The Morgan fingerprint density at radius 1 is 1.25 bits per heavy atom. The molecule has 2 atom stereocenters. The quantitative estimate of drug-likeness (QED) is 0.614. The lowest BCUT2D eigenvalue weighted by atomic mass is 9.97. The third kappa shape index (κ3) is 2.33. The van der Waals surface area contributed by atoms with Crippen molar-refractivity contribution in [3.8, 4) is 0 Å². The van der Waals surface area contributed by atoms with Crippen LogP contribution in [0.15, 0.2) is 0 Å². The second-order valence-corrected chi connectivity index (χ2v) is 4.07. The molecule has 0 heterocycles. The van der Waals surface area contributed by atoms with Gasteiger partial charge in [-0.15, -0.1) is 0 Å². The fourth-order valence-corrected chi connectivity index (χ4v) is 2.29. The molecule has 0 spiro atoms. The van der Waals surface area contributed by atoms with E-state index in [0.717, 1.165) is 0 Å². The molecule has 3 N–H and O–H groups in total. The molecule has 1 aliphatic carbocycles. The topological polar surface area (TPSA) is 104 Å². The number of hydrogen-bond acceptors (Lipinski definition) is 4. The molecule has 6 nitrogen and oxygen atoms in total. The van der Waals surface area contributed by atoms with Crippen LogP contribution in [0.3, 0.4) is 0 Å². The summed E-state index contributed by atoms with van der Waals surface area (Å²) in [6.45, 7) is 1.69. The van der Waals surface area contributed by atoms with Crippen molar-refractivity contribution in [3.05, 3.63) is 0 Å². The maximum atomic E-state index is 10.9. The van der Waals surface area contributed by atoms with E-state index in [1.54, 1.807) is 6.92 Å². The number of carbonyl (C=O) groups is 2. The Hall–Kier alpha value is -1.14. The first-order valence-corrected chi connectivity index (χ1v) is 5.16. The summed E-state index contributed by atoms with van der Waals surface area (Å²) in [5, 5.41) is 27.1. The number of carboxylic acid groups (broad SMARTS) is 2. The largest absolute Gasteiger partial charge is 0.481 e. The Balaban J connectivity index is 2.89. The lowest BCUT2D eigenvalue weighted by Crippen LogP contribution is -2.34. The zero-order valence-corrected chi connectivity index (χ0v) is 9.05. The number of rotatable bonds is 5. The Morgan fingerprint density at radius 2 is 1.69 bits per heavy atom. The van der Waals surface area contributed by atoms with Crippen LogP contribution in [0.25, 0.3) is 0 Å². The minimum atomic E-state index is -1.15. The number of ether oxygens (including phenoxy) is 1. The van der Waals surface area contributed by atoms with Crippen LogP contribution in [0.5, 0.6) is 0 Å². The molecule has 0 bridgehead atoms. The molecular formula is C10H16O6. The van der Waals surface area contributed by atoms with Crippen LogP contribution in [-0.2, 0) is 14.3 Å². The van der Waals surface area contributed by atoms with E-state index in [2.05, 4.69) is 0 Å². The highest BCUT2D eigenvalue weighted by molar-refractivity contribution is 5.81. The van der Waals surface area contributed by atoms with E-state index in [1.807, 2.05) is 0 Å². The second kappa shape index (κ2) is 4.80. The van der Waals surface area contributed by atoms with Crippen molar-refractivity contribution in [2.45, 2.75) is 25.4 Å². The van der Waals surface area contributed by atoms with Crippen LogP contribution in [0.4, 0.5) is 0 Å². The SMILES string of the molecule is CCOC1(CO)CC(C(=O)O)C(C(=O)O)C1. The molecule has 1 aliphatic rings. The van der Waals surface area contributed by atoms with E-state index in [9.17, 15) is 14.7 Å². The van der Waals surface area contributed by atoms with Gasteiger partial charge in [0.1, 0.15) is 0 Å². The summed E-state index contributed by atoms with van der Waals surface area (Å²) in [6.07, 6.45) is 0.0906. The summed E-state index contributed by atoms with van der Waals surface area (Å²) < 4.78 is 5.32. The molecule has 1 fully saturated rings. The van der Waals surface area contributed by atoms with Gasteiger partial charge < -0.3 is 20.1 Å². The fourth-order valence-electron chi connectivity index (χ4n) is 2.29. The molecule has 0 aliphatic heterocycles. The molecule has 16 heavy (non-hydrogen) atoms. The number of aliphatic carboxylic acids is 2. The van der Waals surface area contributed by atoms with Crippen LogP contribution in [0, 0.1) is 11.8 Å². The summed E-state index contributed by atoms with van der Waals surface area (Å²) in [4.78, 5) is 21.8. The van der Waals surface area contributed by atoms with Crippen LogP contribution < -0.4 is 0 Å². The van der Waals surface area contributed by atoms with Gasteiger partial charge in [-0.2, -0.15) is 0 Å². The first kappa shape index (κ1) is 12.9. The first-order valence-electron chi connectivity index (χ1n) is 5.16. The van der Waals surface area contributed by atoms with E-state index < -0.39 is 29.4 Å². The van der Waals surface area contributed by atoms with Gasteiger partial charge >= 0.3 is 11.9 Å². The number of aliphatic hydroxyl groups excluding tert-OH is 1. The Kier molecular flexibility index (Phi) is 3.88. The Bertz CT molecular complexity index is 265. The van der Waals surface area contributed by atoms with Gasteiger partial charge in [0.25, 0.3) is 0 Å². The van der Waals surface area contributed by atoms with Gasteiger partial charge in [-0.3, -0.25) is 9.59 Å². The first-order chi connectivity index (χ1) is 7.45. The number of hydrogen-bond donors (Lipinski definition) is 3. The van der Waals surface area contributed by atoms with Gasteiger partial charge in [0, 0.05) is 6.61 Å². The standard InChI is InChI=1S/C10H16O6/c1-2-16-10(5-11)3-6(8(12)13)7(4-10)9(14)15/h6-7,11H,2-5H2,1H3,(H,12,13)(H,14,15). The van der Waals surface area contributed by atoms with E-state index in [0.29, 0.717) is 6.61 Å². The van der Waals surface area contributed by atoms with Gasteiger partial charge in [0.2, 0.25) is 0 Å². The van der Waals surface area contributed by atoms with Crippen molar-refractivity contribution in [2.75, 3.05) is 13.2 Å². The lowest BCUT2D eigenvalue weighted by molar-refractivity contribution is -0.152. The third-order valence-corrected chi connectivity index (χ3v) is 3.04. The van der Waals surface area contributed by atoms with Crippen molar-refractivity contribution in [2.24, 2.45) is 11.8 Å². The van der Waals surface area contributed by atoms with Crippen LogP contribution in [0.2, 0.25) is 0 Å². The molecule has 6 heteroatoms. The van der Waals surface area contributed by atoms with Crippen molar-refractivity contribution in [3.63, 3.8) is 0 Å². The highest BCUT2D eigenvalue weighted by Crippen LogP contribution is 2.42. The zero-order chi connectivity index (χ0) is 12.3. The van der Waals surface area contributed by atoms with Crippen molar-refractivity contribution in [1.29, 1.82) is 0 Å². The van der Waals surface area contributed by atoms with Crippen molar-refractivity contribution in [1.82, 2.24) is 0 Å². The second-order valence-electron chi connectivity index (χ2n) is 4.07. The highest BCUT2D eigenvalue weighted by Gasteiger charge is 2.51. The number of carboxylic acids is 2. The van der Waals surface area contributed by atoms with Gasteiger partial charge in [-0.05, 0) is 19.8 Å². The van der Waals surface area contributed by atoms with Crippen molar-refractivity contribution < 1.29 is 29.6 Å². The van der Waals surface area contributed by atoms with Crippen LogP contribution >= 0.6 is 0 Å². The molecule has 2 unspecified atom stereocenters. The van der Waals surface area contributed by atoms with Gasteiger partial charge in [-0.1, -0.05) is 0 Å². The minimum Gasteiger partial charge on any atom is -0.481 e. The Morgan fingerprint density at radius 3 is 1.94 bits per heavy atom. The molecule has 0 aromatic heterocycles. The minimum absolute atomic E-state index is 0.0453. The predicted octanol–water partition coefficient (Wildman–Crippen LogP) is -0.0506. The zero-order valence-electron chi connectivity index (χ0n) is 9.05. The molecule has 0 aromatic carbocycles. The van der Waals surface area contributed by atoms with Gasteiger partial charge in [0.05, 0.1) is 24.0 Å². The maximum Gasteiger partial charge on any atom is 0.307 e. The predicted molar refractivity (Wildman–Crippen MR) is 52.9 cm³/mol. The summed E-state index contributed by atoms with van der Waals surface area (Å²) in [6, 6.07) is 0. The van der Waals surface area contributed by atoms with E-state index in [4.69, 9.17) is 14.9 Å². The molecule has 92 valence electrons. The molecule has 0 amide bonds. The third-order valence-electron chi connectivity index (χ3n) is 3.04. The lowest BCUT2D eigenvalue weighted by Gasteiger charge is -2.26. The maximum absolute atomic E-state index is 10.9. The molecule has 1 rings (SSSR count). The van der Waals surface area contributed by atoms with E-state index >= 15 is 0 Å². The average Bonchev–Trinajstić information content (AvgIpc) is 2.59. The van der Waals surface area contributed by atoms with E-state index in [1.165, 1.54) is 0 Å². The summed E-state index contributed by atoms with van der Waals surface area (Å²) in [5.74, 6) is -4.28. The summed E-state index contributed by atoms with van der Waals surface area (Å²) in [7, 11) is 0. The normalized spacial score (nSPS) is 33.9. The molecular weight excluding hydrogens is 216 g/mol. The van der Waals surface area contributed by atoms with E-state index in [-0.39, 0.29) is 19.4 Å². The molecule has 0 radical (unpaired) electrons. The smallest absolute Gasteiger partial charge is 0.307 e. The molecule has 0 saturated heterocycles. The van der Waals surface area contributed by atoms with Gasteiger partial charge in [0.15, 0.2) is 0 Å². The highest BCUT2D eigenvalue weighted by atomic mass is 16.5. The monoisotopic (exact) mass is 232 g/mol. The van der Waals surface area contributed by atoms with Crippen LogP contribution in [-0.4, -0.2) is 46.1 Å². The van der Waals surface area contributed by atoms with Crippen LogP contribution in [0.1, 0.15) is 19.8 Å². The average molecular weight is 232 g/mol. The number of aliphatic hydroxyl groups is 1.